The monoisotopic (exact) mass is 600 g/mol. The van der Waals surface area contributed by atoms with Crippen LogP contribution >= 0.6 is 0 Å². The first-order valence-corrected chi connectivity index (χ1v) is 15.1. The summed E-state index contributed by atoms with van der Waals surface area (Å²) in [4.78, 5) is 23.3. The maximum Gasteiger partial charge on any atom is 0.254 e. The van der Waals surface area contributed by atoms with Crippen LogP contribution in [0.4, 0.5) is 5.82 Å². The molecular weight excluding hydrogens is 568 g/mol. The topological polar surface area (TPSA) is 161 Å². The van der Waals surface area contributed by atoms with Crippen LogP contribution in [0.3, 0.4) is 0 Å². The zero-order valence-electron chi connectivity index (χ0n) is 24.3. The molecule has 0 unspecified atom stereocenters. The molecule has 4 aromatic rings. The van der Waals surface area contributed by atoms with Crippen LogP contribution in [-0.4, -0.2) is 68.1 Å². The minimum Gasteiger partial charge on any atom is -0.480 e. The average molecular weight is 601 g/mol. The Kier molecular flexibility index (Phi) is 8.07. The predicted octanol–water partition coefficient (Wildman–Crippen LogP) is 3.98. The lowest BCUT2D eigenvalue weighted by Crippen LogP contribution is -2.40. The van der Waals surface area contributed by atoms with Gasteiger partial charge in [-0.3, -0.25) is 4.79 Å². The molecule has 3 heterocycles. The SMILES string of the molecule is COc1ncc(-c2ccc3nc(N)c(-c4ccc(C(=O)N5CCOCC5)cc4)c(C#N)c3c2)cc1S(=O)(=O)NC(C)(C)C. The van der Waals surface area contributed by atoms with Crippen molar-refractivity contribution in [2.24, 2.45) is 0 Å². The van der Waals surface area contributed by atoms with E-state index in [1.54, 1.807) is 68.1 Å². The van der Waals surface area contributed by atoms with Crippen LogP contribution in [-0.2, 0) is 14.8 Å². The molecular formula is C31H32N6O5S. The summed E-state index contributed by atoms with van der Waals surface area (Å²) in [6, 6.07) is 15.9. The Bertz CT molecular complexity index is 1860. The molecule has 2 aromatic heterocycles. The third-order valence-corrected chi connectivity index (χ3v) is 8.67. The molecule has 12 heteroatoms. The fourth-order valence-corrected chi connectivity index (χ4v) is 6.56. The molecule has 43 heavy (non-hydrogen) atoms. The van der Waals surface area contributed by atoms with E-state index < -0.39 is 15.6 Å². The zero-order chi connectivity index (χ0) is 30.9. The Balaban J connectivity index is 1.57. The lowest BCUT2D eigenvalue weighted by molar-refractivity contribution is 0.0303. The van der Waals surface area contributed by atoms with Gasteiger partial charge in [-0.2, -0.15) is 5.26 Å². The van der Waals surface area contributed by atoms with Crippen molar-refractivity contribution in [2.75, 3.05) is 39.1 Å². The largest absolute Gasteiger partial charge is 0.480 e. The van der Waals surface area contributed by atoms with Crippen molar-refractivity contribution in [2.45, 2.75) is 31.2 Å². The van der Waals surface area contributed by atoms with Gasteiger partial charge in [0.05, 0.1) is 31.4 Å². The minimum atomic E-state index is -3.96. The van der Waals surface area contributed by atoms with Gasteiger partial charge >= 0.3 is 0 Å². The number of hydrogen-bond donors (Lipinski definition) is 2. The van der Waals surface area contributed by atoms with E-state index in [9.17, 15) is 18.5 Å². The second-order valence-electron chi connectivity index (χ2n) is 11.2. The molecule has 0 radical (unpaired) electrons. The number of hydrogen-bond acceptors (Lipinski definition) is 9. The second kappa shape index (κ2) is 11.6. The quantitative estimate of drug-likeness (QED) is 0.334. The molecule has 3 N–H and O–H groups in total. The van der Waals surface area contributed by atoms with E-state index in [1.807, 2.05) is 0 Å². The van der Waals surface area contributed by atoms with E-state index in [0.717, 1.165) is 0 Å². The molecule has 1 aliphatic rings. The van der Waals surface area contributed by atoms with Crippen LogP contribution in [0.1, 0.15) is 36.7 Å². The third-order valence-electron chi connectivity index (χ3n) is 6.92. The summed E-state index contributed by atoms with van der Waals surface area (Å²) < 4.78 is 39.6. The van der Waals surface area contributed by atoms with E-state index in [4.69, 9.17) is 15.2 Å². The number of sulfonamides is 1. The number of nitriles is 1. The molecule has 1 saturated heterocycles. The summed E-state index contributed by atoms with van der Waals surface area (Å²) >= 11 is 0. The predicted molar refractivity (Wildman–Crippen MR) is 163 cm³/mol. The lowest BCUT2D eigenvalue weighted by Gasteiger charge is -2.26. The Labute approximate surface area is 250 Å². The number of pyridine rings is 2. The summed E-state index contributed by atoms with van der Waals surface area (Å²) in [7, 11) is -2.61. The van der Waals surface area contributed by atoms with E-state index in [0.29, 0.717) is 70.6 Å². The number of ether oxygens (including phenoxy) is 2. The van der Waals surface area contributed by atoms with Gasteiger partial charge in [0.15, 0.2) is 0 Å². The van der Waals surface area contributed by atoms with Crippen molar-refractivity contribution in [3.05, 3.63) is 65.9 Å². The number of fused-ring (bicyclic) bond motifs is 1. The highest BCUT2D eigenvalue weighted by Crippen LogP contribution is 2.36. The number of anilines is 1. The summed E-state index contributed by atoms with van der Waals surface area (Å²) in [5.74, 6) is 0.0554. The standard InChI is InChI=1S/C31H32N6O5S/c1-31(2,3)36-43(39,40)26-16-22(18-34-29(26)41-4)21-9-10-25-23(15-21)24(17-32)27(28(33)35-25)19-5-7-20(8-6-19)30(38)37-11-13-42-14-12-37/h5-10,15-16,18,36H,11-14H2,1-4H3,(H2,33,35). The van der Waals surface area contributed by atoms with Crippen LogP contribution < -0.4 is 15.2 Å². The Morgan fingerprint density at radius 3 is 2.37 bits per heavy atom. The maximum absolute atomic E-state index is 13.2. The summed E-state index contributed by atoms with van der Waals surface area (Å²) in [6.45, 7) is 7.32. The third kappa shape index (κ3) is 6.15. The summed E-state index contributed by atoms with van der Waals surface area (Å²) in [5.41, 5.74) is 9.19. The van der Waals surface area contributed by atoms with Gasteiger partial charge in [-0.25, -0.2) is 23.1 Å². The van der Waals surface area contributed by atoms with Crippen LogP contribution in [0.5, 0.6) is 5.88 Å². The summed E-state index contributed by atoms with van der Waals surface area (Å²) in [5, 5.41) is 10.8. The molecule has 0 saturated carbocycles. The number of amides is 1. The molecule has 0 aliphatic carbocycles. The highest BCUT2D eigenvalue weighted by Gasteiger charge is 2.27. The molecule has 0 atom stereocenters. The zero-order valence-corrected chi connectivity index (χ0v) is 25.2. The lowest BCUT2D eigenvalue weighted by atomic mass is 9.94. The van der Waals surface area contributed by atoms with Crippen molar-refractivity contribution in [3.63, 3.8) is 0 Å². The smallest absolute Gasteiger partial charge is 0.254 e. The molecule has 5 rings (SSSR count). The van der Waals surface area contributed by atoms with E-state index in [-0.39, 0.29) is 22.5 Å². The maximum atomic E-state index is 13.2. The number of nitrogens with one attached hydrogen (secondary N) is 1. The van der Waals surface area contributed by atoms with Crippen LogP contribution in [0, 0.1) is 11.3 Å². The highest BCUT2D eigenvalue weighted by atomic mass is 32.2. The van der Waals surface area contributed by atoms with E-state index in [1.165, 1.54) is 19.4 Å². The fraction of sp³-hybridized carbons (Fsp3) is 0.290. The number of rotatable bonds is 6. The molecule has 1 aliphatic heterocycles. The van der Waals surface area contributed by atoms with Crippen molar-refractivity contribution < 1.29 is 22.7 Å². The van der Waals surface area contributed by atoms with Gasteiger partial charge in [0.1, 0.15) is 16.8 Å². The van der Waals surface area contributed by atoms with Crippen LogP contribution in [0.25, 0.3) is 33.2 Å². The number of nitrogens with two attached hydrogens (primary N) is 1. The Morgan fingerprint density at radius 2 is 1.74 bits per heavy atom. The molecule has 11 nitrogen and oxygen atoms in total. The average Bonchev–Trinajstić information content (AvgIpc) is 2.99. The van der Waals surface area contributed by atoms with Gasteiger partial charge < -0.3 is 20.1 Å². The molecule has 1 fully saturated rings. The molecule has 0 spiro atoms. The first kappa shape index (κ1) is 29.9. The number of morpholine rings is 1. The number of nitrogen functional groups attached to an aromatic ring is 1. The van der Waals surface area contributed by atoms with Crippen molar-refractivity contribution in [1.29, 1.82) is 5.26 Å². The van der Waals surface area contributed by atoms with E-state index >= 15 is 0 Å². The minimum absolute atomic E-state index is 0.0359. The number of aromatic nitrogens is 2. The van der Waals surface area contributed by atoms with Crippen molar-refractivity contribution >= 4 is 32.7 Å². The van der Waals surface area contributed by atoms with Gasteiger partial charge in [0, 0.05) is 46.9 Å². The van der Waals surface area contributed by atoms with Gasteiger partial charge in [0.2, 0.25) is 15.9 Å². The number of nitrogens with zero attached hydrogens (tertiary/aromatic N) is 4. The normalized spacial score (nSPS) is 14.0. The van der Waals surface area contributed by atoms with Gasteiger partial charge in [-0.05, 0) is 62.2 Å². The number of carbonyl (C=O) groups is 1. The van der Waals surface area contributed by atoms with Crippen molar-refractivity contribution in [3.8, 4) is 34.2 Å². The van der Waals surface area contributed by atoms with Gasteiger partial charge in [-0.1, -0.05) is 18.2 Å². The molecule has 222 valence electrons. The second-order valence-corrected chi connectivity index (χ2v) is 12.8. The Hall–Kier alpha value is -4.57. The van der Waals surface area contributed by atoms with E-state index in [2.05, 4.69) is 20.8 Å². The summed E-state index contributed by atoms with van der Waals surface area (Å²) in [6.07, 6.45) is 1.51. The highest BCUT2D eigenvalue weighted by molar-refractivity contribution is 7.89. The first-order chi connectivity index (χ1) is 20.4. The van der Waals surface area contributed by atoms with Gasteiger partial charge in [-0.15, -0.1) is 0 Å². The van der Waals surface area contributed by atoms with Crippen molar-refractivity contribution in [1.82, 2.24) is 19.6 Å². The van der Waals surface area contributed by atoms with Crippen LogP contribution in [0.15, 0.2) is 59.6 Å². The van der Waals surface area contributed by atoms with Gasteiger partial charge in [0.25, 0.3) is 5.91 Å². The molecule has 2 aromatic carbocycles. The number of benzene rings is 2. The first-order valence-electron chi connectivity index (χ1n) is 13.6. The Morgan fingerprint density at radius 1 is 1.07 bits per heavy atom. The number of carbonyl (C=O) groups excluding carboxylic acids is 1. The number of methoxy groups -OCH3 is 1. The van der Waals surface area contributed by atoms with Crippen LogP contribution in [0.2, 0.25) is 0 Å². The molecule has 1 amide bonds. The fourth-order valence-electron chi connectivity index (χ4n) is 4.99. The molecule has 0 bridgehead atoms.